The van der Waals surface area contributed by atoms with Crippen LogP contribution < -0.4 is 11.1 Å². The number of amides is 1. The number of nitrogen functional groups attached to an aromatic ring is 1. The van der Waals surface area contributed by atoms with Crippen LogP contribution in [0.4, 0.5) is 11.4 Å². The van der Waals surface area contributed by atoms with Crippen molar-refractivity contribution in [1.82, 2.24) is 14.8 Å². The van der Waals surface area contributed by atoms with Crippen LogP contribution in [-0.4, -0.2) is 26.4 Å². The van der Waals surface area contributed by atoms with Gasteiger partial charge in [0.2, 0.25) is 5.91 Å². The maximum atomic E-state index is 12.2. The van der Waals surface area contributed by atoms with Crippen molar-refractivity contribution in [2.45, 2.75) is 24.9 Å². The zero-order chi connectivity index (χ0) is 19.4. The van der Waals surface area contributed by atoms with Gasteiger partial charge in [-0.05, 0) is 47.9 Å². The van der Waals surface area contributed by atoms with Crippen LogP contribution in [0.15, 0.2) is 53.7 Å². The van der Waals surface area contributed by atoms with E-state index in [0.29, 0.717) is 16.8 Å². The lowest BCUT2D eigenvalue weighted by atomic mass is 10.0. The van der Waals surface area contributed by atoms with E-state index in [1.807, 2.05) is 60.1 Å². The predicted molar refractivity (Wildman–Crippen MR) is 111 cm³/mol. The number of carbonyl (C=O) groups is 1. The number of thioether (sulfide) groups is 1. The molecule has 0 radical (unpaired) electrons. The first-order valence-electron chi connectivity index (χ1n) is 8.72. The summed E-state index contributed by atoms with van der Waals surface area (Å²) < 4.78 is 1.88. The SMILES string of the molecule is CC(C)c1ccc(NC(=O)CSc2nnc(-c3ccc(N)cc3)n2C)cc1. The normalized spacial score (nSPS) is 11.0. The van der Waals surface area contributed by atoms with Gasteiger partial charge in [-0.2, -0.15) is 0 Å². The summed E-state index contributed by atoms with van der Waals surface area (Å²) in [5.41, 5.74) is 9.40. The van der Waals surface area contributed by atoms with Gasteiger partial charge in [-0.15, -0.1) is 10.2 Å². The second-order valence-electron chi connectivity index (χ2n) is 6.60. The molecule has 3 N–H and O–H groups in total. The first-order valence-corrected chi connectivity index (χ1v) is 9.70. The van der Waals surface area contributed by atoms with Crippen molar-refractivity contribution in [3.63, 3.8) is 0 Å². The quantitative estimate of drug-likeness (QED) is 0.499. The molecule has 3 rings (SSSR count). The zero-order valence-corrected chi connectivity index (χ0v) is 16.5. The Labute approximate surface area is 163 Å². The number of aromatic nitrogens is 3. The van der Waals surface area contributed by atoms with Crippen LogP contribution in [0.2, 0.25) is 0 Å². The number of nitrogens with one attached hydrogen (secondary N) is 1. The van der Waals surface area contributed by atoms with E-state index in [9.17, 15) is 4.79 Å². The van der Waals surface area contributed by atoms with Crippen molar-refractivity contribution >= 4 is 29.0 Å². The van der Waals surface area contributed by atoms with Crippen molar-refractivity contribution in [2.75, 3.05) is 16.8 Å². The monoisotopic (exact) mass is 381 g/mol. The molecule has 0 aliphatic rings. The van der Waals surface area contributed by atoms with E-state index in [4.69, 9.17) is 5.73 Å². The van der Waals surface area contributed by atoms with Gasteiger partial charge in [0, 0.05) is 24.0 Å². The summed E-state index contributed by atoms with van der Waals surface area (Å²) in [4.78, 5) is 12.2. The number of benzene rings is 2. The van der Waals surface area contributed by atoms with Crippen LogP contribution in [0.3, 0.4) is 0 Å². The highest BCUT2D eigenvalue weighted by molar-refractivity contribution is 7.99. The third kappa shape index (κ3) is 4.68. The molecule has 6 nitrogen and oxygen atoms in total. The average molecular weight is 382 g/mol. The van der Waals surface area contributed by atoms with E-state index in [2.05, 4.69) is 29.4 Å². The van der Waals surface area contributed by atoms with E-state index >= 15 is 0 Å². The molecule has 27 heavy (non-hydrogen) atoms. The van der Waals surface area contributed by atoms with Gasteiger partial charge < -0.3 is 15.6 Å². The molecule has 1 aromatic heterocycles. The van der Waals surface area contributed by atoms with Crippen LogP contribution in [-0.2, 0) is 11.8 Å². The number of carbonyl (C=O) groups excluding carboxylic acids is 1. The Morgan fingerprint density at radius 1 is 1.11 bits per heavy atom. The maximum Gasteiger partial charge on any atom is 0.234 e. The van der Waals surface area contributed by atoms with Crippen molar-refractivity contribution in [2.24, 2.45) is 7.05 Å². The predicted octanol–water partition coefficient (Wildman–Crippen LogP) is 3.92. The summed E-state index contributed by atoms with van der Waals surface area (Å²) in [6.45, 7) is 4.29. The molecule has 0 aliphatic heterocycles. The van der Waals surface area contributed by atoms with Crippen molar-refractivity contribution in [3.05, 3.63) is 54.1 Å². The number of rotatable bonds is 6. The molecule has 0 saturated carbocycles. The van der Waals surface area contributed by atoms with E-state index in [1.54, 1.807) is 0 Å². The lowest BCUT2D eigenvalue weighted by molar-refractivity contribution is -0.113. The van der Waals surface area contributed by atoms with Crippen LogP contribution in [0.25, 0.3) is 11.4 Å². The smallest absolute Gasteiger partial charge is 0.234 e. The molecule has 7 heteroatoms. The van der Waals surface area contributed by atoms with Crippen molar-refractivity contribution in [3.8, 4) is 11.4 Å². The number of anilines is 2. The Kier molecular flexibility index (Phi) is 5.81. The topological polar surface area (TPSA) is 85.8 Å². The minimum atomic E-state index is -0.0747. The Morgan fingerprint density at radius 2 is 1.78 bits per heavy atom. The van der Waals surface area contributed by atoms with Gasteiger partial charge in [-0.25, -0.2) is 0 Å². The Bertz CT molecular complexity index is 917. The number of hydrogen-bond donors (Lipinski definition) is 2. The second kappa shape index (κ2) is 8.26. The number of nitrogens with zero attached hydrogens (tertiary/aromatic N) is 3. The molecule has 140 valence electrons. The van der Waals surface area contributed by atoms with Gasteiger partial charge in [-0.3, -0.25) is 4.79 Å². The van der Waals surface area contributed by atoms with Gasteiger partial charge in [0.1, 0.15) is 0 Å². The van der Waals surface area contributed by atoms with Crippen LogP contribution in [0.1, 0.15) is 25.3 Å². The Balaban J connectivity index is 1.60. The molecule has 0 fully saturated rings. The molecule has 2 aromatic carbocycles. The lowest BCUT2D eigenvalue weighted by Gasteiger charge is -2.08. The fourth-order valence-corrected chi connectivity index (χ4v) is 3.31. The van der Waals surface area contributed by atoms with Crippen molar-refractivity contribution in [1.29, 1.82) is 0 Å². The van der Waals surface area contributed by atoms with Gasteiger partial charge in [-0.1, -0.05) is 37.7 Å². The highest BCUT2D eigenvalue weighted by Gasteiger charge is 2.13. The van der Waals surface area contributed by atoms with Gasteiger partial charge in [0.05, 0.1) is 5.75 Å². The van der Waals surface area contributed by atoms with Crippen LogP contribution in [0.5, 0.6) is 0 Å². The van der Waals surface area contributed by atoms with E-state index in [1.165, 1.54) is 17.3 Å². The van der Waals surface area contributed by atoms with Gasteiger partial charge in [0.25, 0.3) is 0 Å². The molecule has 3 aromatic rings. The summed E-state index contributed by atoms with van der Waals surface area (Å²) in [6, 6.07) is 15.4. The molecule has 0 aliphatic carbocycles. The molecule has 1 amide bonds. The standard InChI is InChI=1S/C20H23N5OS/c1-13(2)14-6-10-17(11-7-14)22-18(26)12-27-20-24-23-19(25(20)3)15-4-8-16(21)9-5-15/h4-11,13H,12,21H2,1-3H3,(H,22,26). The fourth-order valence-electron chi connectivity index (χ4n) is 2.60. The van der Waals surface area contributed by atoms with Crippen LogP contribution >= 0.6 is 11.8 Å². The minimum Gasteiger partial charge on any atom is -0.399 e. The Hall–Kier alpha value is -2.80. The number of nitrogens with two attached hydrogens (primary N) is 1. The first-order chi connectivity index (χ1) is 12.9. The second-order valence-corrected chi connectivity index (χ2v) is 7.54. The fraction of sp³-hybridized carbons (Fsp3) is 0.250. The number of hydrogen-bond acceptors (Lipinski definition) is 5. The molecule has 0 saturated heterocycles. The maximum absolute atomic E-state index is 12.2. The van der Waals surface area contributed by atoms with E-state index < -0.39 is 0 Å². The first kappa shape index (κ1) is 19.0. The molecule has 1 heterocycles. The molecular weight excluding hydrogens is 358 g/mol. The summed E-state index contributed by atoms with van der Waals surface area (Å²) in [5.74, 6) is 1.40. The zero-order valence-electron chi connectivity index (χ0n) is 15.6. The largest absolute Gasteiger partial charge is 0.399 e. The molecule has 0 unspecified atom stereocenters. The lowest BCUT2D eigenvalue weighted by Crippen LogP contribution is -2.14. The van der Waals surface area contributed by atoms with E-state index in [0.717, 1.165) is 17.1 Å². The summed E-state index contributed by atoms with van der Waals surface area (Å²) in [6.07, 6.45) is 0. The summed E-state index contributed by atoms with van der Waals surface area (Å²) in [7, 11) is 1.89. The van der Waals surface area contributed by atoms with E-state index in [-0.39, 0.29) is 11.7 Å². The third-order valence-electron chi connectivity index (χ3n) is 4.20. The average Bonchev–Trinajstić information content (AvgIpc) is 3.02. The minimum absolute atomic E-state index is 0.0747. The van der Waals surface area contributed by atoms with Gasteiger partial charge in [0.15, 0.2) is 11.0 Å². The summed E-state index contributed by atoms with van der Waals surface area (Å²) in [5, 5.41) is 12.0. The van der Waals surface area contributed by atoms with Crippen LogP contribution in [0, 0.1) is 0 Å². The summed E-state index contributed by atoms with van der Waals surface area (Å²) >= 11 is 1.35. The Morgan fingerprint density at radius 3 is 2.41 bits per heavy atom. The highest BCUT2D eigenvalue weighted by atomic mass is 32.2. The highest BCUT2D eigenvalue weighted by Crippen LogP contribution is 2.23. The molecule has 0 spiro atoms. The third-order valence-corrected chi connectivity index (χ3v) is 5.22. The molecule has 0 atom stereocenters. The van der Waals surface area contributed by atoms with Crippen molar-refractivity contribution < 1.29 is 4.79 Å². The van der Waals surface area contributed by atoms with Gasteiger partial charge >= 0.3 is 0 Å². The molecular formula is C20H23N5OS. The molecule has 0 bridgehead atoms.